The number of hydrogen-bond acceptors (Lipinski definition) is 6. The maximum atomic E-state index is 13.8. The molecule has 0 unspecified atom stereocenters. The number of amides is 1. The highest BCUT2D eigenvalue weighted by Crippen LogP contribution is 2.36. The number of carbonyl (C=O) groups excluding carboxylic acids is 1. The van der Waals surface area contributed by atoms with E-state index < -0.39 is 11.7 Å². The number of para-hydroxylation sites is 1. The Morgan fingerprint density at radius 2 is 1.95 bits per heavy atom. The Kier molecular flexibility index (Phi) is 8.58. The third-order valence-corrected chi connectivity index (χ3v) is 6.50. The van der Waals surface area contributed by atoms with Crippen molar-refractivity contribution in [2.24, 2.45) is 5.10 Å². The Balaban J connectivity index is 1.60. The molecule has 0 aliphatic rings. The molecule has 1 amide bonds. The van der Waals surface area contributed by atoms with Crippen LogP contribution in [0.4, 0.5) is 10.1 Å². The number of benzene rings is 3. The van der Waals surface area contributed by atoms with Gasteiger partial charge in [-0.2, -0.15) is 9.78 Å². The Morgan fingerprint density at radius 1 is 1.18 bits per heavy atom. The highest BCUT2D eigenvalue weighted by molar-refractivity contribution is 9.10. The molecule has 0 radical (unpaired) electrons. The number of halogens is 3. The van der Waals surface area contributed by atoms with E-state index in [2.05, 4.69) is 47.3 Å². The van der Waals surface area contributed by atoms with Gasteiger partial charge in [0.15, 0.2) is 18.1 Å². The Hall–Kier alpha value is -3.57. The molecule has 196 valence electrons. The predicted octanol–water partition coefficient (Wildman–Crippen LogP) is 6.09. The number of fused-ring (bicyclic) bond motifs is 1. The summed E-state index contributed by atoms with van der Waals surface area (Å²) in [6.07, 6.45) is 1.51. The van der Waals surface area contributed by atoms with E-state index in [0.29, 0.717) is 32.5 Å². The molecule has 0 aliphatic heterocycles. The van der Waals surface area contributed by atoms with E-state index >= 15 is 0 Å². The minimum absolute atomic E-state index is 0.0551. The van der Waals surface area contributed by atoms with E-state index in [4.69, 9.17) is 9.47 Å². The largest absolute Gasteiger partial charge is 0.493 e. The molecule has 11 heteroatoms. The Bertz CT molecular complexity index is 1600. The molecule has 1 N–H and O–H groups in total. The standard InChI is InChI=1S/C27H23Br2FN4O4/c1-15(2)26-33-21-9-8-17(28)12-18(21)27(36)34(26)31-13-16-10-19(29)25(23(11-16)37-3)38-14-24(35)32-22-7-5-4-6-20(22)30/h4-13,15H,14H2,1-3H3,(H,32,35). The van der Waals surface area contributed by atoms with Gasteiger partial charge in [-0.15, -0.1) is 0 Å². The Labute approximate surface area is 234 Å². The summed E-state index contributed by atoms with van der Waals surface area (Å²) >= 11 is 6.84. The van der Waals surface area contributed by atoms with Crippen molar-refractivity contribution in [1.29, 1.82) is 0 Å². The zero-order chi connectivity index (χ0) is 27.4. The third-order valence-electron chi connectivity index (χ3n) is 5.42. The molecule has 0 atom stereocenters. The molecular formula is C27H23Br2FN4O4. The van der Waals surface area contributed by atoms with Gasteiger partial charge in [0, 0.05) is 10.4 Å². The first-order valence-electron chi connectivity index (χ1n) is 11.5. The highest BCUT2D eigenvalue weighted by Gasteiger charge is 2.16. The van der Waals surface area contributed by atoms with Crippen LogP contribution in [-0.2, 0) is 4.79 Å². The van der Waals surface area contributed by atoms with Gasteiger partial charge in [-0.1, -0.05) is 41.9 Å². The summed E-state index contributed by atoms with van der Waals surface area (Å²) in [5.74, 6) is -0.00145. The molecule has 0 spiro atoms. The van der Waals surface area contributed by atoms with Gasteiger partial charge in [0.1, 0.15) is 11.6 Å². The van der Waals surface area contributed by atoms with Gasteiger partial charge in [0.05, 0.1) is 34.4 Å². The fourth-order valence-corrected chi connectivity index (χ4v) is 4.55. The van der Waals surface area contributed by atoms with Crippen LogP contribution in [0.3, 0.4) is 0 Å². The van der Waals surface area contributed by atoms with Crippen LogP contribution < -0.4 is 20.3 Å². The molecule has 0 saturated heterocycles. The lowest BCUT2D eigenvalue weighted by Crippen LogP contribution is -2.23. The average molecular weight is 646 g/mol. The fourth-order valence-electron chi connectivity index (χ4n) is 3.62. The molecule has 38 heavy (non-hydrogen) atoms. The van der Waals surface area contributed by atoms with Crippen LogP contribution in [0.5, 0.6) is 11.5 Å². The lowest BCUT2D eigenvalue weighted by Gasteiger charge is -2.14. The smallest absolute Gasteiger partial charge is 0.282 e. The zero-order valence-corrected chi connectivity index (χ0v) is 23.8. The van der Waals surface area contributed by atoms with E-state index in [1.165, 1.54) is 36.2 Å². The van der Waals surface area contributed by atoms with Crippen LogP contribution in [-0.4, -0.2) is 35.5 Å². The van der Waals surface area contributed by atoms with Crippen molar-refractivity contribution in [2.75, 3.05) is 19.0 Å². The summed E-state index contributed by atoms with van der Waals surface area (Å²) in [5.41, 5.74) is 0.972. The normalized spacial score (nSPS) is 11.3. The van der Waals surface area contributed by atoms with E-state index in [0.717, 1.165) is 4.47 Å². The minimum atomic E-state index is -0.544. The minimum Gasteiger partial charge on any atom is -0.493 e. The number of methoxy groups -OCH3 is 1. The van der Waals surface area contributed by atoms with E-state index in [-0.39, 0.29) is 29.5 Å². The van der Waals surface area contributed by atoms with Crippen LogP contribution in [0.15, 0.2) is 73.4 Å². The van der Waals surface area contributed by atoms with Crippen molar-refractivity contribution in [3.8, 4) is 11.5 Å². The molecule has 0 saturated carbocycles. The monoisotopic (exact) mass is 644 g/mol. The predicted molar refractivity (Wildman–Crippen MR) is 152 cm³/mol. The second-order valence-electron chi connectivity index (χ2n) is 8.50. The highest BCUT2D eigenvalue weighted by atomic mass is 79.9. The SMILES string of the molecule is COc1cc(C=Nn2c(C(C)C)nc3ccc(Br)cc3c2=O)cc(Br)c1OCC(=O)Nc1ccccc1F. The molecule has 8 nitrogen and oxygen atoms in total. The van der Waals surface area contributed by atoms with Crippen LogP contribution in [0, 0.1) is 5.82 Å². The van der Waals surface area contributed by atoms with Crippen molar-refractivity contribution < 1.29 is 18.7 Å². The number of nitrogens with one attached hydrogen (secondary N) is 1. The summed E-state index contributed by atoms with van der Waals surface area (Å²) in [4.78, 5) is 30.2. The average Bonchev–Trinajstić information content (AvgIpc) is 2.88. The molecule has 0 aliphatic carbocycles. The van der Waals surface area contributed by atoms with E-state index in [1.54, 1.807) is 30.3 Å². The number of anilines is 1. The number of hydrogen-bond donors (Lipinski definition) is 1. The first kappa shape index (κ1) is 27.5. The Morgan fingerprint density at radius 3 is 2.66 bits per heavy atom. The fraction of sp³-hybridized carbons (Fsp3) is 0.185. The number of ether oxygens (including phenoxy) is 2. The second kappa shape index (κ2) is 11.9. The van der Waals surface area contributed by atoms with Crippen LogP contribution >= 0.6 is 31.9 Å². The number of carbonyl (C=O) groups is 1. The third kappa shape index (κ3) is 6.11. The lowest BCUT2D eigenvalue weighted by molar-refractivity contribution is -0.118. The first-order chi connectivity index (χ1) is 18.2. The quantitative estimate of drug-likeness (QED) is 0.234. The summed E-state index contributed by atoms with van der Waals surface area (Å²) < 4.78 is 27.5. The van der Waals surface area contributed by atoms with Crippen molar-refractivity contribution in [3.63, 3.8) is 0 Å². The van der Waals surface area contributed by atoms with E-state index in [9.17, 15) is 14.0 Å². The van der Waals surface area contributed by atoms with Crippen molar-refractivity contribution in [3.05, 3.63) is 91.1 Å². The summed E-state index contributed by atoms with van der Waals surface area (Å²) in [5, 5.41) is 7.34. The van der Waals surface area contributed by atoms with Gasteiger partial charge in [0.25, 0.3) is 11.5 Å². The number of nitrogens with zero attached hydrogens (tertiary/aromatic N) is 3. The van der Waals surface area contributed by atoms with Gasteiger partial charge in [-0.05, 0) is 64.0 Å². The number of rotatable bonds is 8. The van der Waals surface area contributed by atoms with Gasteiger partial charge in [0.2, 0.25) is 0 Å². The van der Waals surface area contributed by atoms with Crippen molar-refractivity contribution in [1.82, 2.24) is 9.66 Å². The van der Waals surface area contributed by atoms with Gasteiger partial charge in [-0.3, -0.25) is 9.59 Å². The van der Waals surface area contributed by atoms with Gasteiger partial charge >= 0.3 is 0 Å². The molecule has 1 aromatic heterocycles. The van der Waals surface area contributed by atoms with Crippen LogP contribution in [0.25, 0.3) is 10.9 Å². The van der Waals surface area contributed by atoms with Crippen molar-refractivity contribution >= 4 is 60.6 Å². The lowest BCUT2D eigenvalue weighted by atomic mass is 10.2. The van der Waals surface area contributed by atoms with Gasteiger partial charge in [-0.25, -0.2) is 9.37 Å². The maximum absolute atomic E-state index is 13.8. The molecule has 4 aromatic rings. The van der Waals surface area contributed by atoms with Gasteiger partial charge < -0.3 is 14.8 Å². The molecule has 4 rings (SSSR count). The molecule has 3 aromatic carbocycles. The molecule has 0 fully saturated rings. The topological polar surface area (TPSA) is 94.8 Å². The maximum Gasteiger partial charge on any atom is 0.282 e. The van der Waals surface area contributed by atoms with Crippen LogP contribution in [0.1, 0.15) is 31.2 Å². The van der Waals surface area contributed by atoms with E-state index in [1.807, 2.05) is 19.9 Å². The molecule has 1 heterocycles. The summed E-state index contributed by atoms with van der Waals surface area (Å²) in [6, 6.07) is 14.6. The molecule has 0 bridgehead atoms. The number of aromatic nitrogens is 2. The molecular weight excluding hydrogens is 623 g/mol. The van der Waals surface area contributed by atoms with Crippen molar-refractivity contribution in [2.45, 2.75) is 19.8 Å². The second-order valence-corrected chi connectivity index (χ2v) is 10.3. The van der Waals surface area contributed by atoms with Crippen LogP contribution in [0.2, 0.25) is 0 Å². The summed E-state index contributed by atoms with van der Waals surface area (Å²) in [7, 11) is 1.46. The summed E-state index contributed by atoms with van der Waals surface area (Å²) in [6.45, 7) is 3.50. The first-order valence-corrected chi connectivity index (χ1v) is 13.1. The zero-order valence-electron chi connectivity index (χ0n) is 20.7.